The lowest BCUT2D eigenvalue weighted by Gasteiger charge is -2.51. The Morgan fingerprint density at radius 1 is 1.18 bits per heavy atom. The Bertz CT molecular complexity index is 700. The molecule has 5 nitrogen and oxygen atoms in total. The van der Waals surface area contributed by atoms with Gasteiger partial charge in [0, 0.05) is 25.6 Å². The van der Waals surface area contributed by atoms with Crippen LogP contribution < -0.4 is 0 Å². The first-order chi connectivity index (χ1) is 13.3. The molecule has 0 radical (unpaired) electrons. The number of fused-ring (bicyclic) bond motifs is 1. The van der Waals surface area contributed by atoms with Gasteiger partial charge in [0.15, 0.2) is 0 Å². The van der Waals surface area contributed by atoms with Gasteiger partial charge in [0.05, 0.1) is 5.41 Å². The molecule has 0 aromatic heterocycles. The van der Waals surface area contributed by atoms with Crippen LogP contribution >= 0.6 is 0 Å². The molecule has 3 rings (SSSR count). The van der Waals surface area contributed by atoms with E-state index in [2.05, 4.69) is 43.0 Å². The van der Waals surface area contributed by atoms with E-state index in [9.17, 15) is 14.7 Å². The average Bonchev–Trinajstić information content (AvgIpc) is 2.68. The molecule has 1 amide bonds. The van der Waals surface area contributed by atoms with Crippen LogP contribution in [-0.4, -0.2) is 59.5 Å². The second-order valence-corrected chi connectivity index (χ2v) is 8.90. The summed E-state index contributed by atoms with van der Waals surface area (Å²) in [6.45, 7) is 6.40. The maximum Gasteiger partial charge on any atom is 0.311 e. The number of carboxylic acids is 1. The minimum absolute atomic E-state index is 0.0694. The maximum absolute atomic E-state index is 12.7. The Morgan fingerprint density at radius 3 is 2.54 bits per heavy atom. The van der Waals surface area contributed by atoms with Crippen LogP contribution in [0.25, 0.3) is 0 Å². The third-order valence-electron chi connectivity index (χ3n) is 6.81. The third-order valence-corrected chi connectivity index (χ3v) is 6.81. The molecule has 0 spiro atoms. The van der Waals surface area contributed by atoms with Crippen LogP contribution in [0.1, 0.15) is 63.0 Å². The van der Waals surface area contributed by atoms with Gasteiger partial charge in [0.25, 0.3) is 0 Å². The van der Waals surface area contributed by atoms with E-state index < -0.39 is 11.4 Å². The standard InChI is InChI=1S/C23H34N2O3/c1-17(2)19-10-8-18(9-11-19)6-4-7-21(26)25-15-13-23(22(27)28)12-5-14-24(3)20(23)16-25/h8-11,17,20H,4-7,12-16H2,1-3H3,(H,27,28)/t20-,23+/m1/s1. The zero-order valence-electron chi connectivity index (χ0n) is 17.5. The fourth-order valence-corrected chi connectivity index (χ4v) is 4.88. The number of carbonyl (C=O) groups is 2. The normalized spacial score (nSPS) is 25.6. The number of likely N-dealkylation sites (N-methyl/N-ethyl adjacent to an activating group) is 1. The van der Waals surface area contributed by atoms with Crippen molar-refractivity contribution in [3.8, 4) is 0 Å². The second kappa shape index (κ2) is 8.64. The molecule has 1 N–H and O–H groups in total. The second-order valence-electron chi connectivity index (χ2n) is 8.90. The zero-order chi connectivity index (χ0) is 20.3. The van der Waals surface area contributed by atoms with Gasteiger partial charge < -0.3 is 14.9 Å². The van der Waals surface area contributed by atoms with E-state index in [1.807, 2.05) is 11.9 Å². The molecule has 2 atom stereocenters. The van der Waals surface area contributed by atoms with Crippen LogP contribution in [0.4, 0.5) is 0 Å². The number of hydrogen-bond donors (Lipinski definition) is 1. The van der Waals surface area contributed by atoms with Gasteiger partial charge in [-0.2, -0.15) is 0 Å². The van der Waals surface area contributed by atoms with Crippen molar-refractivity contribution in [3.63, 3.8) is 0 Å². The summed E-state index contributed by atoms with van der Waals surface area (Å²) in [4.78, 5) is 28.8. The number of carbonyl (C=O) groups excluding carboxylic acids is 1. The molecule has 1 aromatic carbocycles. The van der Waals surface area contributed by atoms with Crippen molar-refractivity contribution in [2.45, 2.75) is 64.3 Å². The van der Waals surface area contributed by atoms with Gasteiger partial charge in [-0.05, 0) is 62.7 Å². The number of aryl methyl sites for hydroxylation is 1. The summed E-state index contributed by atoms with van der Waals surface area (Å²) in [5.74, 6) is 0.00308. The van der Waals surface area contributed by atoms with E-state index in [-0.39, 0.29) is 11.9 Å². The van der Waals surface area contributed by atoms with Gasteiger partial charge in [-0.25, -0.2) is 0 Å². The highest BCUT2D eigenvalue weighted by molar-refractivity contribution is 5.79. The Labute approximate surface area is 168 Å². The van der Waals surface area contributed by atoms with Gasteiger partial charge in [0.2, 0.25) is 5.91 Å². The lowest BCUT2D eigenvalue weighted by atomic mass is 9.68. The number of aliphatic carboxylic acids is 1. The van der Waals surface area contributed by atoms with E-state index in [1.165, 1.54) is 11.1 Å². The fourth-order valence-electron chi connectivity index (χ4n) is 4.88. The Balaban J connectivity index is 1.53. The minimum Gasteiger partial charge on any atom is -0.481 e. The summed E-state index contributed by atoms with van der Waals surface area (Å²) < 4.78 is 0. The van der Waals surface area contributed by atoms with Crippen molar-refractivity contribution in [1.82, 2.24) is 9.80 Å². The quantitative estimate of drug-likeness (QED) is 0.812. The van der Waals surface area contributed by atoms with E-state index >= 15 is 0 Å². The van der Waals surface area contributed by atoms with Crippen LogP contribution in [-0.2, 0) is 16.0 Å². The highest BCUT2D eigenvalue weighted by Crippen LogP contribution is 2.42. The summed E-state index contributed by atoms with van der Waals surface area (Å²) >= 11 is 0. The Morgan fingerprint density at radius 2 is 1.89 bits per heavy atom. The highest BCUT2D eigenvalue weighted by Gasteiger charge is 2.52. The zero-order valence-corrected chi connectivity index (χ0v) is 17.5. The molecule has 2 saturated heterocycles. The Hall–Kier alpha value is -1.88. The number of nitrogens with zero attached hydrogens (tertiary/aromatic N) is 2. The SMILES string of the molecule is CC(C)c1ccc(CCCC(=O)N2CC[C@@]3(C(=O)O)CCCN(C)[C@@H]3C2)cc1. The predicted molar refractivity (Wildman–Crippen MR) is 110 cm³/mol. The molecule has 28 heavy (non-hydrogen) atoms. The van der Waals surface area contributed by atoms with Crippen molar-refractivity contribution in [1.29, 1.82) is 0 Å². The molecular formula is C23H34N2O3. The number of piperidine rings is 2. The van der Waals surface area contributed by atoms with Crippen molar-refractivity contribution < 1.29 is 14.7 Å². The molecule has 0 saturated carbocycles. The summed E-state index contributed by atoms with van der Waals surface area (Å²) in [6, 6.07) is 8.62. The Kier molecular flexibility index (Phi) is 6.43. The van der Waals surface area contributed by atoms with E-state index in [0.717, 1.165) is 32.2 Å². The van der Waals surface area contributed by atoms with Crippen LogP contribution in [0.2, 0.25) is 0 Å². The third kappa shape index (κ3) is 4.24. The molecule has 2 heterocycles. The van der Waals surface area contributed by atoms with Crippen LogP contribution in [0, 0.1) is 5.41 Å². The highest BCUT2D eigenvalue weighted by atomic mass is 16.4. The molecule has 1 aromatic rings. The van der Waals surface area contributed by atoms with Gasteiger partial charge >= 0.3 is 5.97 Å². The lowest BCUT2D eigenvalue weighted by Crippen LogP contribution is -2.63. The molecule has 0 aliphatic carbocycles. The topological polar surface area (TPSA) is 60.9 Å². The van der Waals surface area contributed by atoms with Crippen LogP contribution in [0.5, 0.6) is 0 Å². The number of likely N-dealkylation sites (tertiary alicyclic amines) is 2. The lowest BCUT2D eigenvalue weighted by molar-refractivity contribution is -0.165. The molecule has 154 valence electrons. The molecule has 2 aliphatic heterocycles. The van der Waals surface area contributed by atoms with Crippen molar-refractivity contribution in [2.75, 3.05) is 26.7 Å². The van der Waals surface area contributed by atoms with Crippen LogP contribution in [0.15, 0.2) is 24.3 Å². The summed E-state index contributed by atoms with van der Waals surface area (Å²) in [7, 11) is 2.00. The predicted octanol–water partition coefficient (Wildman–Crippen LogP) is 3.53. The van der Waals surface area contributed by atoms with Crippen LogP contribution in [0.3, 0.4) is 0 Å². The average molecular weight is 387 g/mol. The molecule has 0 bridgehead atoms. The summed E-state index contributed by atoms with van der Waals surface area (Å²) in [5, 5.41) is 9.86. The molecule has 5 heteroatoms. The number of benzene rings is 1. The van der Waals surface area contributed by atoms with E-state index in [0.29, 0.717) is 31.8 Å². The van der Waals surface area contributed by atoms with Crippen molar-refractivity contribution >= 4 is 11.9 Å². The fraction of sp³-hybridized carbons (Fsp3) is 0.652. The smallest absolute Gasteiger partial charge is 0.311 e. The maximum atomic E-state index is 12.7. The first-order valence-electron chi connectivity index (χ1n) is 10.6. The number of hydrogen-bond acceptors (Lipinski definition) is 3. The number of rotatable bonds is 6. The number of carboxylic acid groups (broad SMARTS) is 1. The van der Waals surface area contributed by atoms with Gasteiger partial charge in [-0.1, -0.05) is 38.1 Å². The van der Waals surface area contributed by atoms with E-state index in [1.54, 1.807) is 0 Å². The summed E-state index contributed by atoms with van der Waals surface area (Å²) in [5.41, 5.74) is 1.93. The summed E-state index contributed by atoms with van der Waals surface area (Å²) in [6.07, 6.45) is 4.48. The van der Waals surface area contributed by atoms with Crippen molar-refractivity contribution in [2.24, 2.45) is 5.41 Å². The minimum atomic E-state index is -0.694. The van der Waals surface area contributed by atoms with E-state index in [4.69, 9.17) is 0 Å². The van der Waals surface area contributed by atoms with Gasteiger partial charge in [-0.3, -0.25) is 9.59 Å². The van der Waals surface area contributed by atoms with Gasteiger partial charge in [-0.15, -0.1) is 0 Å². The molecule has 2 fully saturated rings. The molecule has 0 unspecified atom stereocenters. The largest absolute Gasteiger partial charge is 0.481 e. The van der Waals surface area contributed by atoms with Gasteiger partial charge in [0.1, 0.15) is 0 Å². The number of amides is 1. The van der Waals surface area contributed by atoms with Crippen molar-refractivity contribution in [3.05, 3.63) is 35.4 Å². The molecular weight excluding hydrogens is 352 g/mol. The first kappa shape index (κ1) is 20.8. The first-order valence-corrected chi connectivity index (χ1v) is 10.6. The molecule has 2 aliphatic rings. The monoisotopic (exact) mass is 386 g/mol.